The van der Waals surface area contributed by atoms with Crippen LogP contribution in [-0.4, -0.2) is 36.1 Å². The molecule has 2 nitrogen and oxygen atoms in total. The van der Waals surface area contributed by atoms with E-state index in [2.05, 4.69) is 47.8 Å². The second-order valence-corrected chi connectivity index (χ2v) is 8.45. The Kier molecular flexibility index (Phi) is 4.72. The fourth-order valence-corrected chi connectivity index (χ4v) is 4.59. The second-order valence-electron chi connectivity index (χ2n) is 7.67. The third-order valence-corrected chi connectivity index (χ3v) is 6.11. The summed E-state index contributed by atoms with van der Waals surface area (Å²) in [4.78, 5) is 2.81. The van der Waals surface area contributed by atoms with E-state index < -0.39 is 0 Å². The maximum absolute atomic E-state index is 3.85. The summed E-state index contributed by atoms with van der Waals surface area (Å²) in [6.07, 6.45) is 5.37. The quantitative estimate of drug-likeness (QED) is 0.860. The van der Waals surface area contributed by atoms with E-state index in [0.29, 0.717) is 11.6 Å². The summed E-state index contributed by atoms with van der Waals surface area (Å²) in [5, 5.41) is 8.36. The van der Waals surface area contributed by atoms with Crippen LogP contribution in [0, 0.1) is 11.8 Å². The zero-order valence-electron chi connectivity index (χ0n) is 13.8. The lowest BCUT2D eigenvalue weighted by molar-refractivity contribution is 0.0318. The van der Waals surface area contributed by atoms with Crippen LogP contribution in [0.5, 0.6) is 0 Å². The van der Waals surface area contributed by atoms with Crippen molar-refractivity contribution in [3.8, 4) is 0 Å². The fourth-order valence-electron chi connectivity index (χ4n) is 3.88. The Morgan fingerprint density at radius 1 is 1.43 bits per heavy atom. The van der Waals surface area contributed by atoms with Crippen LogP contribution >= 0.6 is 11.3 Å². The minimum atomic E-state index is 0.392. The van der Waals surface area contributed by atoms with Crippen LogP contribution in [0.4, 0.5) is 0 Å². The molecule has 0 amide bonds. The van der Waals surface area contributed by atoms with Crippen LogP contribution in [-0.2, 0) is 6.42 Å². The molecule has 2 atom stereocenters. The number of thiophene rings is 1. The number of nitrogens with one attached hydrogen (secondary N) is 1. The molecule has 0 aromatic carbocycles. The van der Waals surface area contributed by atoms with E-state index in [0.717, 1.165) is 11.8 Å². The molecule has 2 unspecified atom stereocenters. The first-order valence-corrected chi connectivity index (χ1v) is 9.51. The smallest absolute Gasteiger partial charge is 0.0334 e. The Balaban J connectivity index is 1.64. The van der Waals surface area contributed by atoms with Gasteiger partial charge in [0, 0.05) is 31.2 Å². The number of hydrogen-bond donors (Lipinski definition) is 1. The standard InChI is InChI=1S/C18H30N2S/c1-14(2)10-17-11-20(8-6-15-7-9-21-12-15)18(3,13-19-17)16-4-5-16/h7,9,12,14,16-17,19H,4-6,8,10-11,13H2,1-3H3. The van der Waals surface area contributed by atoms with Gasteiger partial charge in [-0.15, -0.1) is 0 Å². The first kappa shape index (κ1) is 15.5. The van der Waals surface area contributed by atoms with Crippen molar-refractivity contribution in [2.24, 2.45) is 11.8 Å². The lowest BCUT2D eigenvalue weighted by Gasteiger charge is -2.49. The van der Waals surface area contributed by atoms with E-state index in [1.807, 2.05) is 11.3 Å². The molecule has 1 saturated carbocycles. The molecule has 2 heterocycles. The number of nitrogens with zero attached hydrogens (tertiary/aromatic N) is 1. The Bertz CT molecular complexity index is 438. The number of rotatable bonds is 6. The summed E-state index contributed by atoms with van der Waals surface area (Å²) < 4.78 is 0. The van der Waals surface area contributed by atoms with Crippen molar-refractivity contribution in [1.29, 1.82) is 0 Å². The van der Waals surface area contributed by atoms with Crippen LogP contribution < -0.4 is 5.32 Å². The summed E-state index contributed by atoms with van der Waals surface area (Å²) in [6, 6.07) is 2.96. The van der Waals surface area contributed by atoms with Crippen molar-refractivity contribution >= 4 is 11.3 Å². The molecule has 3 rings (SSSR count). The molecule has 1 N–H and O–H groups in total. The lowest BCUT2D eigenvalue weighted by Crippen LogP contribution is -2.64. The van der Waals surface area contributed by atoms with E-state index in [1.165, 1.54) is 50.9 Å². The molecule has 2 fully saturated rings. The molecule has 0 spiro atoms. The molecule has 1 aliphatic carbocycles. The topological polar surface area (TPSA) is 15.3 Å². The van der Waals surface area contributed by atoms with Crippen LogP contribution in [0.25, 0.3) is 0 Å². The highest BCUT2D eigenvalue weighted by atomic mass is 32.1. The average Bonchev–Trinajstić information content (AvgIpc) is 3.17. The SMILES string of the molecule is CC(C)CC1CN(CCc2ccsc2)C(C)(C2CC2)CN1. The van der Waals surface area contributed by atoms with Crippen LogP contribution in [0.3, 0.4) is 0 Å². The van der Waals surface area contributed by atoms with Crippen molar-refractivity contribution in [3.63, 3.8) is 0 Å². The first-order valence-electron chi connectivity index (χ1n) is 8.57. The van der Waals surface area contributed by atoms with Gasteiger partial charge in [-0.3, -0.25) is 4.90 Å². The van der Waals surface area contributed by atoms with Crippen molar-refractivity contribution < 1.29 is 0 Å². The average molecular weight is 307 g/mol. The van der Waals surface area contributed by atoms with Crippen molar-refractivity contribution in [1.82, 2.24) is 10.2 Å². The molecule has 2 aliphatic rings. The van der Waals surface area contributed by atoms with Crippen molar-refractivity contribution in [2.75, 3.05) is 19.6 Å². The molecule has 1 saturated heterocycles. The largest absolute Gasteiger partial charge is 0.311 e. The van der Waals surface area contributed by atoms with Gasteiger partial charge in [0.1, 0.15) is 0 Å². The predicted octanol–water partition coefficient (Wildman–Crippen LogP) is 3.78. The van der Waals surface area contributed by atoms with Gasteiger partial charge in [-0.05, 0) is 66.8 Å². The molecule has 1 aromatic rings. The summed E-state index contributed by atoms with van der Waals surface area (Å²) in [5.74, 6) is 1.71. The summed E-state index contributed by atoms with van der Waals surface area (Å²) in [5.41, 5.74) is 1.90. The third kappa shape index (κ3) is 3.69. The Hall–Kier alpha value is -0.380. The minimum Gasteiger partial charge on any atom is -0.311 e. The molecule has 21 heavy (non-hydrogen) atoms. The van der Waals surface area contributed by atoms with Crippen molar-refractivity contribution in [3.05, 3.63) is 22.4 Å². The maximum atomic E-state index is 3.85. The Morgan fingerprint density at radius 2 is 2.24 bits per heavy atom. The molecular weight excluding hydrogens is 276 g/mol. The molecular formula is C18H30N2S. The van der Waals surface area contributed by atoms with Gasteiger partial charge >= 0.3 is 0 Å². The molecule has 118 valence electrons. The van der Waals surface area contributed by atoms with Gasteiger partial charge in [-0.2, -0.15) is 11.3 Å². The second kappa shape index (κ2) is 6.39. The van der Waals surface area contributed by atoms with Crippen molar-refractivity contribution in [2.45, 2.75) is 58.0 Å². The van der Waals surface area contributed by atoms with E-state index in [1.54, 1.807) is 0 Å². The molecule has 3 heteroatoms. The lowest BCUT2D eigenvalue weighted by atomic mass is 9.87. The molecule has 1 aliphatic heterocycles. The number of hydrogen-bond acceptors (Lipinski definition) is 3. The van der Waals surface area contributed by atoms with E-state index in [4.69, 9.17) is 0 Å². The van der Waals surface area contributed by atoms with E-state index >= 15 is 0 Å². The van der Waals surface area contributed by atoms with Gasteiger partial charge in [-0.25, -0.2) is 0 Å². The molecule has 0 radical (unpaired) electrons. The summed E-state index contributed by atoms with van der Waals surface area (Å²) in [6.45, 7) is 10.8. The Labute approximate surface area is 133 Å². The van der Waals surface area contributed by atoms with Gasteiger partial charge in [0.2, 0.25) is 0 Å². The highest BCUT2D eigenvalue weighted by Crippen LogP contribution is 2.44. The highest BCUT2D eigenvalue weighted by molar-refractivity contribution is 7.07. The van der Waals surface area contributed by atoms with Gasteiger partial charge < -0.3 is 5.32 Å². The van der Waals surface area contributed by atoms with Crippen LogP contribution in [0.1, 0.15) is 45.6 Å². The summed E-state index contributed by atoms with van der Waals surface area (Å²) >= 11 is 1.82. The predicted molar refractivity (Wildman–Crippen MR) is 92.0 cm³/mol. The minimum absolute atomic E-state index is 0.392. The van der Waals surface area contributed by atoms with Gasteiger partial charge in [0.05, 0.1) is 0 Å². The normalized spacial score (nSPS) is 31.0. The van der Waals surface area contributed by atoms with Crippen LogP contribution in [0.2, 0.25) is 0 Å². The third-order valence-electron chi connectivity index (χ3n) is 5.38. The van der Waals surface area contributed by atoms with Gasteiger partial charge in [0.25, 0.3) is 0 Å². The van der Waals surface area contributed by atoms with E-state index in [9.17, 15) is 0 Å². The molecule has 0 bridgehead atoms. The molecule has 1 aromatic heterocycles. The fraction of sp³-hybridized carbons (Fsp3) is 0.778. The van der Waals surface area contributed by atoms with Gasteiger partial charge in [0.15, 0.2) is 0 Å². The van der Waals surface area contributed by atoms with E-state index in [-0.39, 0.29) is 0 Å². The maximum Gasteiger partial charge on any atom is 0.0334 e. The summed E-state index contributed by atoms with van der Waals surface area (Å²) in [7, 11) is 0. The van der Waals surface area contributed by atoms with Crippen LogP contribution in [0.15, 0.2) is 16.8 Å². The number of piperazine rings is 1. The highest BCUT2D eigenvalue weighted by Gasteiger charge is 2.47. The monoisotopic (exact) mass is 306 g/mol. The van der Waals surface area contributed by atoms with Gasteiger partial charge in [-0.1, -0.05) is 13.8 Å². The zero-order valence-corrected chi connectivity index (χ0v) is 14.6. The Morgan fingerprint density at radius 3 is 2.86 bits per heavy atom. The zero-order chi connectivity index (χ0) is 14.9. The first-order chi connectivity index (χ1) is 10.1.